The van der Waals surface area contributed by atoms with Crippen molar-refractivity contribution in [2.45, 2.75) is 36.4 Å². The van der Waals surface area contributed by atoms with E-state index in [0.717, 1.165) is 19.2 Å². The molecule has 6 N–H and O–H groups in total. The summed E-state index contributed by atoms with van der Waals surface area (Å²) in [5, 5.41) is 8.86. The molecule has 7 atom stereocenters. The maximum atomic E-state index is 14.5. The molecule has 184 valence electrons. The SMILES string of the molecule is CC(F)[C@]1(COP(=O)(O)OP(=O)(O)OP(=O)(O)O)O[C@@H](n2ccc(=O)[nH]c2=O)[C@H](Cl)[C@@H]1O. The van der Waals surface area contributed by atoms with Gasteiger partial charge in [0, 0.05) is 12.3 Å². The highest BCUT2D eigenvalue weighted by Crippen LogP contribution is 2.66. The van der Waals surface area contributed by atoms with Gasteiger partial charge in [0.1, 0.15) is 17.7 Å². The predicted octanol–water partition coefficient (Wildman–Crippen LogP) is -0.526. The number of aliphatic hydroxyl groups excluding tert-OH is 1. The number of rotatable bonds is 9. The summed E-state index contributed by atoms with van der Waals surface area (Å²) in [6, 6.07) is 0.895. The zero-order valence-corrected chi connectivity index (χ0v) is 19.1. The number of phosphoric acid groups is 3. The number of alkyl halides is 2. The zero-order valence-electron chi connectivity index (χ0n) is 15.6. The molecule has 0 saturated carbocycles. The van der Waals surface area contributed by atoms with Crippen molar-refractivity contribution in [2.75, 3.05) is 6.61 Å². The first-order chi connectivity index (χ1) is 14.4. The number of hydrogen-bond acceptors (Lipinski definition) is 10. The van der Waals surface area contributed by atoms with Gasteiger partial charge in [-0.3, -0.25) is 18.9 Å². The molecule has 1 aliphatic rings. The van der Waals surface area contributed by atoms with Crippen molar-refractivity contribution in [3.05, 3.63) is 33.1 Å². The number of halogens is 2. The van der Waals surface area contributed by atoms with E-state index in [-0.39, 0.29) is 0 Å². The number of hydrogen-bond donors (Lipinski definition) is 6. The van der Waals surface area contributed by atoms with E-state index in [4.69, 9.17) is 31.0 Å². The van der Waals surface area contributed by atoms with Crippen LogP contribution in [-0.2, 0) is 31.6 Å². The predicted molar refractivity (Wildman–Crippen MR) is 100 cm³/mol. The number of H-pyrrole nitrogens is 1. The van der Waals surface area contributed by atoms with E-state index in [9.17, 15) is 37.7 Å². The summed E-state index contributed by atoms with van der Waals surface area (Å²) < 4.78 is 65.9. The minimum absolute atomic E-state index is 0.692. The Morgan fingerprint density at radius 3 is 2.34 bits per heavy atom. The van der Waals surface area contributed by atoms with Crippen molar-refractivity contribution < 1.29 is 60.6 Å². The van der Waals surface area contributed by atoms with Gasteiger partial charge in [0.05, 0.1) is 6.61 Å². The van der Waals surface area contributed by atoms with Crippen molar-refractivity contribution in [1.29, 1.82) is 0 Å². The summed E-state index contributed by atoms with van der Waals surface area (Å²) in [7, 11) is -17.2. The maximum Gasteiger partial charge on any atom is 0.490 e. The lowest BCUT2D eigenvalue weighted by atomic mass is 9.93. The van der Waals surface area contributed by atoms with E-state index in [1.54, 1.807) is 0 Å². The van der Waals surface area contributed by atoms with Gasteiger partial charge >= 0.3 is 29.2 Å². The Hall–Kier alpha value is -0.770. The number of nitrogens with zero attached hydrogens (tertiary/aromatic N) is 1. The molecule has 0 bridgehead atoms. The number of aromatic nitrogens is 2. The largest absolute Gasteiger partial charge is 0.490 e. The van der Waals surface area contributed by atoms with Crippen LogP contribution in [0.15, 0.2) is 21.9 Å². The molecule has 0 aromatic carbocycles. The summed E-state index contributed by atoms with van der Waals surface area (Å²) >= 11 is 6.03. The van der Waals surface area contributed by atoms with Crippen molar-refractivity contribution >= 4 is 35.1 Å². The van der Waals surface area contributed by atoms with Gasteiger partial charge in [-0.15, -0.1) is 11.6 Å². The van der Waals surface area contributed by atoms with Crippen LogP contribution < -0.4 is 11.2 Å². The first-order valence-corrected chi connectivity index (χ1v) is 13.1. The van der Waals surface area contributed by atoms with Gasteiger partial charge in [-0.25, -0.2) is 22.9 Å². The standard InChI is InChI=1S/C11H17ClFN2O14P3/c1-5(13)11(4-26-31(22,23)29-32(24,25)28-30(19,20)21)8(17)7(12)9(27-11)15-3-2-6(16)14-10(15)18/h2-3,5,7-9,17H,4H2,1H3,(H,22,23)(H,24,25)(H,14,16,18)(H2,19,20,21)/t5?,7-,8+,9-,11+/m1/s1. The van der Waals surface area contributed by atoms with E-state index in [2.05, 4.69) is 13.1 Å². The minimum Gasteiger partial charge on any atom is -0.388 e. The van der Waals surface area contributed by atoms with Crippen LogP contribution in [0.3, 0.4) is 0 Å². The van der Waals surface area contributed by atoms with Gasteiger partial charge in [-0.05, 0) is 6.92 Å². The Morgan fingerprint density at radius 2 is 1.84 bits per heavy atom. The Kier molecular flexibility index (Phi) is 8.13. The van der Waals surface area contributed by atoms with Gasteiger partial charge in [-0.2, -0.15) is 8.62 Å². The second-order valence-corrected chi connectivity index (χ2v) is 11.3. The fourth-order valence-electron chi connectivity index (χ4n) is 2.67. The van der Waals surface area contributed by atoms with Crippen molar-refractivity contribution in [3.63, 3.8) is 0 Å². The van der Waals surface area contributed by atoms with E-state index < -0.39 is 70.8 Å². The first kappa shape index (κ1) is 27.5. The molecular weight excluding hydrogens is 531 g/mol. The molecule has 1 aromatic rings. The van der Waals surface area contributed by atoms with Crippen LogP contribution in [0.2, 0.25) is 0 Å². The monoisotopic (exact) mass is 548 g/mol. The third kappa shape index (κ3) is 6.42. The second kappa shape index (κ2) is 9.47. The number of phosphoric ester groups is 1. The number of ether oxygens (including phenoxy) is 1. The van der Waals surface area contributed by atoms with E-state index >= 15 is 0 Å². The molecule has 0 amide bonds. The average Bonchev–Trinajstić information content (AvgIpc) is 2.83. The lowest BCUT2D eigenvalue weighted by Gasteiger charge is -2.33. The normalized spacial score (nSPS) is 31.1. The van der Waals surface area contributed by atoms with Crippen molar-refractivity contribution in [2.24, 2.45) is 0 Å². The Morgan fingerprint density at radius 1 is 1.25 bits per heavy atom. The highest BCUT2D eigenvalue weighted by Gasteiger charge is 2.59. The molecule has 2 rings (SSSR count). The Labute approximate surface area is 181 Å². The maximum absolute atomic E-state index is 14.5. The van der Waals surface area contributed by atoms with Crippen LogP contribution in [0.4, 0.5) is 4.39 Å². The van der Waals surface area contributed by atoms with Crippen LogP contribution in [0.25, 0.3) is 0 Å². The molecule has 1 aliphatic heterocycles. The molecule has 16 nitrogen and oxygen atoms in total. The molecule has 0 spiro atoms. The van der Waals surface area contributed by atoms with Crippen LogP contribution in [-0.4, -0.2) is 64.1 Å². The van der Waals surface area contributed by atoms with Gasteiger partial charge in [-0.1, -0.05) is 0 Å². The number of nitrogens with one attached hydrogen (secondary N) is 1. The summed E-state index contributed by atoms with van der Waals surface area (Å²) in [5.41, 5.74) is -4.37. The summed E-state index contributed by atoms with van der Waals surface area (Å²) in [4.78, 5) is 60.8. The zero-order chi connectivity index (χ0) is 24.7. The molecule has 2 heterocycles. The second-order valence-electron chi connectivity index (χ2n) is 6.35. The molecule has 0 radical (unpaired) electrons. The molecule has 1 fully saturated rings. The number of aromatic amines is 1. The molecule has 21 heteroatoms. The van der Waals surface area contributed by atoms with E-state index in [1.165, 1.54) is 0 Å². The quantitative estimate of drug-likeness (QED) is 0.168. The fraction of sp³-hybridized carbons (Fsp3) is 0.636. The highest BCUT2D eigenvalue weighted by atomic mass is 35.5. The lowest BCUT2D eigenvalue weighted by Crippen LogP contribution is -2.52. The fourth-order valence-corrected chi connectivity index (χ4v) is 6.12. The minimum atomic E-state index is -5.84. The Bertz CT molecular complexity index is 1100. The van der Waals surface area contributed by atoms with Gasteiger partial charge in [0.25, 0.3) is 5.56 Å². The molecule has 1 aromatic heterocycles. The first-order valence-electron chi connectivity index (χ1n) is 8.13. The van der Waals surface area contributed by atoms with Crippen LogP contribution in [0.5, 0.6) is 0 Å². The molecule has 0 aliphatic carbocycles. The van der Waals surface area contributed by atoms with Crippen LogP contribution in [0.1, 0.15) is 13.2 Å². The number of aliphatic hydroxyl groups is 1. The van der Waals surface area contributed by atoms with Gasteiger partial charge < -0.3 is 29.4 Å². The summed E-state index contributed by atoms with van der Waals surface area (Å²) in [5.74, 6) is 0. The van der Waals surface area contributed by atoms with Gasteiger partial charge in [0.2, 0.25) is 0 Å². The molecular formula is C11H17ClFN2O14P3. The average molecular weight is 549 g/mol. The highest BCUT2D eigenvalue weighted by molar-refractivity contribution is 7.66. The Balaban J connectivity index is 2.28. The third-order valence-corrected chi connectivity index (χ3v) is 8.32. The molecule has 1 saturated heterocycles. The van der Waals surface area contributed by atoms with Crippen LogP contribution >= 0.6 is 35.1 Å². The third-order valence-electron chi connectivity index (χ3n) is 4.08. The lowest BCUT2D eigenvalue weighted by molar-refractivity contribution is -0.158. The smallest absolute Gasteiger partial charge is 0.388 e. The summed E-state index contributed by atoms with van der Waals surface area (Å²) in [6.45, 7) is -0.543. The van der Waals surface area contributed by atoms with Crippen molar-refractivity contribution in [1.82, 2.24) is 9.55 Å². The molecule has 3 unspecified atom stereocenters. The summed E-state index contributed by atoms with van der Waals surface area (Å²) in [6.07, 6.45) is -4.91. The van der Waals surface area contributed by atoms with Gasteiger partial charge in [0.15, 0.2) is 11.8 Å². The topological polar surface area (TPSA) is 244 Å². The van der Waals surface area contributed by atoms with E-state index in [0.29, 0.717) is 4.57 Å². The molecule has 32 heavy (non-hydrogen) atoms. The van der Waals surface area contributed by atoms with Crippen molar-refractivity contribution in [3.8, 4) is 0 Å². The van der Waals surface area contributed by atoms with Crippen LogP contribution in [0, 0.1) is 0 Å². The van der Waals surface area contributed by atoms with E-state index in [1.807, 2.05) is 4.98 Å².